The molecule has 1 aromatic heterocycles. The normalized spacial score (nSPS) is 11.3. The van der Waals surface area contributed by atoms with E-state index in [0.29, 0.717) is 5.75 Å². The smallest absolute Gasteiger partial charge is 0.176 e. The summed E-state index contributed by atoms with van der Waals surface area (Å²) < 4.78 is 6.24. The van der Waals surface area contributed by atoms with Gasteiger partial charge in [-0.2, -0.15) is 0 Å². The molecule has 0 saturated heterocycles. The molecule has 0 amide bonds. The highest BCUT2D eigenvalue weighted by Gasteiger charge is 2.07. The molecule has 106 valence electrons. The zero-order valence-electron chi connectivity index (χ0n) is 11.2. The number of fused-ring (bicyclic) bond motifs is 1. The number of aromatic hydroxyl groups is 1. The predicted molar refractivity (Wildman–Crippen MR) is 88.2 cm³/mol. The molecule has 0 radical (unpaired) electrons. The summed E-state index contributed by atoms with van der Waals surface area (Å²) >= 11 is 7.59. The van der Waals surface area contributed by atoms with Crippen molar-refractivity contribution >= 4 is 45.3 Å². The van der Waals surface area contributed by atoms with Gasteiger partial charge in [0, 0.05) is 0 Å². The van der Waals surface area contributed by atoms with Crippen molar-refractivity contribution < 1.29 is 9.84 Å². The summed E-state index contributed by atoms with van der Waals surface area (Å²) in [5.41, 5.74) is 1.83. The molecule has 1 N–H and O–H groups in total. The standard InChI is InChI=1S/C16H12ClNO2S/c1-20-13-9-10(8-11(17)16(13)19)6-7-15-18-12-4-2-3-5-14(12)21-15/h2-9,19H,1H3/b7-6+. The van der Waals surface area contributed by atoms with Crippen LogP contribution in [0.2, 0.25) is 5.02 Å². The van der Waals surface area contributed by atoms with Gasteiger partial charge in [-0.3, -0.25) is 0 Å². The summed E-state index contributed by atoms with van der Waals surface area (Å²) in [7, 11) is 1.49. The van der Waals surface area contributed by atoms with Crippen LogP contribution >= 0.6 is 22.9 Å². The molecule has 2 aromatic carbocycles. The molecule has 0 spiro atoms. The van der Waals surface area contributed by atoms with Crippen LogP contribution in [0.5, 0.6) is 11.5 Å². The third-order valence-corrected chi connectivity index (χ3v) is 4.29. The second-order valence-corrected chi connectivity index (χ2v) is 5.88. The largest absolute Gasteiger partial charge is 0.503 e. The Kier molecular flexibility index (Phi) is 3.82. The zero-order valence-corrected chi connectivity index (χ0v) is 12.8. The van der Waals surface area contributed by atoms with Crippen molar-refractivity contribution in [3.05, 3.63) is 52.0 Å². The molecule has 3 rings (SSSR count). The molecule has 0 atom stereocenters. The van der Waals surface area contributed by atoms with Gasteiger partial charge >= 0.3 is 0 Å². The van der Waals surface area contributed by atoms with E-state index in [0.717, 1.165) is 20.8 Å². The van der Waals surface area contributed by atoms with Gasteiger partial charge in [0.2, 0.25) is 0 Å². The molecule has 0 aliphatic carbocycles. The summed E-state index contributed by atoms with van der Waals surface area (Å²) in [6.07, 6.45) is 3.82. The maximum Gasteiger partial charge on any atom is 0.176 e. The van der Waals surface area contributed by atoms with Crippen molar-refractivity contribution in [2.75, 3.05) is 7.11 Å². The summed E-state index contributed by atoms with van der Waals surface area (Å²) in [6.45, 7) is 0. The average molecular weight is 318 g/mol. The molecule has 0 aliphatic heterocycles. The third kappa shape index (κ3) is 2.86. The van der Waals surface area contributed by atoms with Gasteiger partial charge in [0.05, 0.1) is 22.3 Å². The van der Waals surface area contributed by atoms with E-state index < -0.39 is 0 Å². The van der Waals surface area contributed by atoms with E-state index in [1.807, 2.05) is 36.4 Å². The Labute approximate surface area is 131 Å². The predicted octanol–water partition coefficient (Wildman–Crippen LogP) is 4.83. The topological polar surface area (TPSA) is 42.4 Å². The van der Waals surface area contributed by atoms with E-state index >= 15 is 0 Å². The zero-order chi connectivity index (χ0) is 14.8. The van der Waals surface area contributed by atoms with Crippen molar-refractivity contribution in [1.82, 2.24) is 4.98 Å². The van der Waals surface area contributed by atoms with Crippen LogP contribution in [0.4, 0.5) is 0 Å². The van der Waals surface area contributed by atoms with Crippen LogP contribution in [0.3, 0.4) is 0 Å². The summed E-state index contributed by atoms with van der Waals surface area (Å²) in [6, 6.07) is 11.4. The first kappa shape index (κ1) is 13.9. The van der Waals surface area contributed by atoms with Gasteiger partial charge in [0.25, 0.3) is 0 Å². The Morgan fingerprint density at radius 2 is 2.05 bits per heavy atom. The number of thiazole rings is 1. The van der Waals surface area contributed by atoms with Gasteiger partial charge < -0.3 is 9.84 Å². The van der Waals surface area contributed by atoms with Crippen LogP contribution < -0.4 is 4.74 Å². The van der Waals surface area contributed by atoms with Crippen molar-refractivity contribution in [2.45, 2.75) is 0 Å². The minimum Gasteiger partial charge on any atom is -0.503 e. The lowest BCUT2D eigenvalue weighted by molar-refractivity contribution is 0.373. The molecule has 0 saturated carbocycles. The summed E-state index contributed by atoms with van der Waals surface area (Å²) in [4.78, 5) is 4.53. The highest BCUT2D eigenvalue weighted by molar-refractivity contribution is 7.19. The quantitative estimate of drug-likeness (QED) is 0.752. The molecular weight excluding hydrogens is 306 g/mol. The fourth-order valence-corrected chi connectivity index (χ4v) is 3.06. The molecule has 3 nitrogen and oxygen atoms in total. The lowest BCUT2D eigenvalue weighted by atomic mass is 10.2. The van der Waals surface area contributed by atoms with Gasteiger partial charge in [-0.15, -0.1) is 11.3 Å². The fourth-order valence-electron chi connectivity index (χ4n) is 1.97. The first-order valence-corrected chi connectivity index (χ1v) is 7.47. The highest BCUT2D eigenvalue weighted by Crippen LogP contribution is 2.35. The highest BCUT2D eigenvalue weighted by atomic mass is 35.5. The second kappa shape index (κ2) is 5.76. The van der Waals surface area contributed by atoms with E-state index in [-0.39, 0.29) is 10.8 Å². The number of nitrogens with zero attached hydrogens (tertiary/aromatic N) is 1. The van der Waals surface area contributed by atoms with Crippen LogP contribution in [0, 0.1) is 0 Å². The molecule has 5 heteroatoms. The first-order chi connectivity index (χ1) is 10.2. The minimum atomic E-state index is -0.0451. The Hall–Kier alpha value is -2.04. The number of para-hydroxylation sites is 1. The monoisotopic (exact) mass is 317 g/mol. The molecule has 0 fully saturated rings. The van der Waals surface area contributed by atoms with E-state index in [4.69, 9.17) is 16.3 Å². The number of rotatable bonds is 3. The van der Waals surface area contributed by atoms with Crippen LogP contribution in [0.25, 0.3) is 22.4 Å². The van der Waals surface area contributed by atoms with E-state index in [9.17, 15) is 5.11 Å². The average Bonchev–Trinajstić information content (AvgIpc) is 2.91. The molecule has 0 unspecified atom stereocenters. The van der Waals surface area contributed by atoms with Gasteiger partial charge in [0.1, 0.15) is 5.01 Å². The van der Waals surface area contributed by atoms with Crippen molar-refractivity contribution in [3.8, 4) is 11.5 Å². The summed E-state index contributed by atoms with van der Waals surface area (Å²) in [5, 5.41) is 10.9. The van der Waals surface area contributed by atoms with Crippen LogP contribution in [0.15, 0.2) is 36.4 Å². The number of benzene rings is 2. The van der Waals surface area contributed by atoms with Gasteiger partial charge in [0.15, 0.2) is 11.5 Å². The maximum absolute atomic E-state index is 9.71. The minimum absolute atomic E-state index is 0.0451. The number of methoxy groups -OCH3 is 1. The number of ether oxygens (including phenoxy) is 1. The molecule has 0 bridgehead atoms. The Morgan fingerprint density at radius 1 is 1.24 bits per heavy atom. The van der Waals surface area contributed by atoms with E-state index in [1.165, 1.54) is 7.11 Å². The van der Waals surface area contributed by atoms with Crippen molar-refractivity contribution in [1.29, 1.82) is 0 Å². The van der Waals surface area contributed by atoms with Crippen molar-refractivity contribution in [2.24, 2.45) is 0 Å². The number of halogens is 1. The van der Waals surface area contributed by atoms with E-state index in [1.54, 1.807) is 23.5 Å². The molecule has 21 heavy (non-hydrogen) atoms. The number of hydrogen-bond acceptors (Lipinski definition) is 4. The van der Waals surface area contributed by atoms with Gasteiger partial charge in [-0.1, -0.05) is 29.8 Å². The van der Waals surface area contributed by atoms with Gasteiger partial charge in [-0.05, 0) is 35.9 Å². The third-order valence-electron chi connectivity index (χ3n) is 3.00. The number of aromatic nitrogens is 1. The van der Waals surface area contributed by atoms with Gasteiger partial charge in [-0.25, -0.2) is 4.98 Å². The first-order valence-electron chi connectivity index (χ1n) is 6.27. The fraction of sp³-hybridized carbons (Fsp3) is 0.0625. The summed E-state index contributed by atoms with van der Waals surface area (Å²) in [5.74, 6) is 0.308. The van der Waals surface area contributed by atoms with Crippen LogP contribution in [-0.4, -0.2) is 17.2 Å². The second-order valence-electron chi connectivity index (χ2n) is 4.41. The Balaban J connectivity index is 1.93. The molecule has 1 heterocycles. The van der Waals surface area contributed by atoms with Crippen LogP contribution in [0.1, 0.15) is 10.6 Å². The number of phenolic OH excluding ortho intramolecular Hbond substituents is 1. The molecule has 0 aliphatic rings. The number of hydrogen-bond donors (Lipinski definition) is 1. The Morgan fingerprint density at radius 3 is 2.81 bits per heavy atom. The van der Waals surface area contributed by atoms with E-state index in [2.05, 4.69) is 4.98 Å². The van der Waals surface area contributed by atoms with Crippen molar-refractivity contribution in [3.63, 3.8) is 0 Å². The lowest BCUT2D eigenvalue weighted by Gasteiger charge is -2.05. The lowest BCUT2D eigenvalue weighted by Crippen LogP contribution is -1.85. The molecular formula is C16H12ClNO2S. The van der Waals surface area contributed by atoms with Crippen LogP contribution in [-0.2, 0) is 0 Å². The SMILES string of the molecule is COc1cc(/C=C/c2nc3ccccc3s2)cc(Cl)c1O. The Bertz CT molecular complexity index is 793. The number of phenols is 1. The molecule has 3 aromatic rings. The maximum atomic E-state index is 9.71.